The highest BCUT2D eigenvalue weighted by molar-refractivity contribution is 5.92. The first kappa shape index (κ1) is 14.4. The van der Waals surface area contributed by atoms with E-state index in [1.807, 2.05) is 37.0 Å². The van der Waals surface area contributed by atoms with Crippen molar-refractivity contribution in [2.75, 3.05) is 7.05 Å². The predicted octanol–water partition coefficient (Wildman–Crippen LogP) is 2.37. The molecule has 20 heavy (non-hydrogen) atoms. The van der Waals surface area contributed by atoms with E-state index in [0.29, 0.717) is 12.2 Å². The summed E-state index contributed by atoms with van der Waals surface area (Å²) in [5.41, 5.74) is 3.93. The van der Waals surface area contributed by atoms with Gasteiger partial charge in [0.2, 0.25) is 0 Å². The second-order valence-corrected chi connectivity index (χ2v) is 4.98. The molecular formula is C15H22N4O. The number of amides is 1. The van der Waals surface area contributed by atoms with Crippen LogP contribution in [0.15, 0.2) is 18.3 Å². The highest BCUT2D eigenvalue weighted by Gasteiger charge is 2.16. The summed E-state index contributed by atoms with van der Waals surface area (Å²) in [6, 6.07) is 3.81. The van der Waals surface area contributed by atoms with Crippen LogP contribution in [0.5, 0.6) is 0 Å². The van der Waals surface area contributed by atoms with E-state index >= 15 is 0 Å². The molecule has 0 saturated heterocycles. The van der Waals surface area contributed by atoms with Gasteiger partial charge in [-0.05, 0) is 32.4 Å². The number of carbonyl (C=O) groups excluding carboxylic acids is 1. The Morgan fingerprint density at radius 3 is 2.70 bits per heavy atom. The summed E-state index contributed by atoms with van der Waals surface area (Å²) in [5, 5.41) is 4.31. The Kier molecular flexibility index (Phi) is 4.27. The molecule has 0 saturated carbocycles. The fourth-order valence-corrected chi connectivity index (χ4v) is 2.26. The Morgan fingerprint density at radius 1 is 1.40 bits per heavy atom. The monoisotopic (exact) mass is 274 g/mol. The minimum atomic E-state index is 0.00773. The van der Waals surface area contributed by atoms with E-state index in [-0.39, 0.29) is 5.91 Å². The smallest absolute Gasteiger partial charge is 0.270 e. The molecular weight excluding hydrogens is 252 g/mol. The SMILES string of the molecule is CCc1ccc(C(=O)N(C)Cc2cnn(CC)c2C)[nH]1. The Hall–Kier alpha value is -2.04. The molecule has 0 spiro atoms. The van der Waals surface area contributed by atoms with E-state index < -0.39 is 0 Å². The van der Waals surface area contributed by atoms with Crippen LogP contribution in [0, 0.1) is 6.92 Å². The first-order chi connectivity index (χ1) is 9.56. The maximum Gasteiger partial charge on any atom is 0.270 e. The third-order valence-electron chi connectivity index (χ3n) is 3.62. The summed E-state index contributed by atoms with van der Waals surface area (Å²) >= 11 is 0. The first-order valence-corrected chi connectivity index (χ1v) is 7.01. The Balaban J connectivity index is 2.09. The Morgan fingerprint density at radius 2 is 2.15 bits per heavy atom. The van der Waals surface area contributed by atoms with Crippen LogP contribution in [0.1, 0.15) is 41.3 Å². The van der Waals surface area contributed by atoms with Crippen LogP contribution in [-0.4, -0.2) is 32.6 Å². The molecule has 2 rings (SSSR count). The van der Waals surface area contributed by atoms with E-state index in [9.17, 15) is 4.79 Å². The maximum absolute atomic E-state index is 12.3. The van der Waals surface area contributed by atoms with Crippen molar-refractivity contribution >= 4 is 5.91 Å². The third-order valence-corrected chi connectivity index (χ3v) is 3.62. The second kappa shape index (κ2) is 5.94. The topological polar surface area (TPSA) is 53.9 Å². The third kappa shape index (κ3) is 2.76. The molecule has 0 atom stereocenters. The number of rotatable bonds is 5. The zero-order valence-electron chi connectivity index (χ0n) is 12.6. The van der Waals surface area contributed by atoms with Gasteiger partial charge in [0, 0.05) is 37.1 Å². The number of hydrogen-bond acceptors (Lipinski definition) is 2. The standard InChI is InChI=1S/C15H22N4O/c1-5-13-7-8-14(17-13)15(20)18(4)10-12-9-16-19(6-2)11(12)3/h7-9,17H,5-6,10H2,1-4H3. The van der Waals surface area contributed by atoms with Crippen LogP contribution in [0.3, 0.4) is 0 Å². The van der Waals surface area contributed by atoms with Gasteiger partial charge in [-0.2, -0.15) is 5.10 Å². The van der Waals surface area contributed by atoms with Gasteiger partial charge in [0.25, 0.3) is 5.91 Å². The van der Waals surface area contributed by atoms with Crippen molar-refractivity contribution in [2.24, 2.45) is 0 Å². The van der Waals surface area contributed by atoms with Crippen molar-refractivity contribution in [3.63, 3.8) is 0 Å². The minimum Gasteiger partial charge on any atom is -0.354 e. The molecule has 0 fully saturated rings. The van der Waals surface area contributed by atoms with E-state index in [0.717, 1.165) is 29.9 Å². The molecule has 0 aromatic carbocycles. The molecule has 0 aliphatic carbocycles. The Bertz CT molecular complexity index is 597. The van der Waals surface area contributed by atoms with Crippen molar-refractivity contribution in [1.82, 2.24) is 19.7 Å². The van der Waals surface area contributed by atoms with Crippen molar-refractivity contribution < 1.29 is 4.79 Å². The van der Waals surface area contributed by atoms with Crippen molar-refractivity contribution in [3.8, 4) is 0 Å². The summed E-state index contributed by atoms with van der Waals surface area (Å²) in [6.45, 7) is 7.58. The lowest BCUT2D eigenvalue weighted by molar-refractivity contribution is 0.0779. The molecule has 0 bridgehead atoms. The van der Waals surface area contributed by atoms with Gasteiger partial charge in [0.05, 0.1) is 6.20 Å². The average Bonchev–Trinajstić information content (AvgIpc) is 3.05. The van der Waals surface area contributed by atoms with Gasteiger partial charge in [0.15, 0.2) is 0 Å². The highest BCUT2D eigenvalue weighted by atomic mass is 16.2. The van der Waals surface area contributed by atoms with Crippen LogP contribution in [0.4, 0.5) is 0 Å². The van der Waals surface area contributed by atoms with E-state index in [1.54, 1.807) is 4.90 Å². The molecule has 0 aliphatic heterocycles. The van der Waals surface area contributed by atoms with E-state index in [1.165, 1.54) is 0 Å². The predicted molar refractivity (Wildman–Crippen MR) is 78.6 cm³/mol. The lowest BCUT2D eigenvalue weighted by Gasteiger charge is -2.16. The van der Waals surface area contributed by atoms with E-state index in [2.05, 4.69) is 23.9 Å². The number of carbonyl (C=O) groups is 1. The van der Waals surface area contributed by atoms with Crippen molar-refractivity contribution in [3.05, 3.63) is 41.0 Å². The molecule has 0 radical (unpaired) electrons. The van der Waals surface area contributed by atoms with Crippen molar-refractivity contribution in [1.29, 1.82) is 0 Å². The number of aromatic amines is 1. The van der Waals surface area contributed by atoms with Crippen LogP contribution < -0.4 is 0 Å². The Labute approximate surface area is 119 Å². The normalized spacial score (nSPS) is 10.8. The van der Waals surface area contributed by atoms with E-state index in [4.69, 9.17) is 0 Å². The fourth-order valence-electron chi connectivity index (χ4n) is 2.26. The van der Waals surface area contributed by atoms with Crippen LogP contribution in [0.25, 0.3) is 0 Å². The summed E-state index contributed by atoms with van der Waals surface area (Å²) in [7, 11) is 1.82. The van der Waals surface area contributed by atoms with Gasteiger partial charge in [-0.25, -0.2) is 0 Å². The minimum absolute atomic E-state index is 0.00773. The average molecular weight is 274 g/mol. The summed E-state index contributed by atoms with van der Waals surface area (Å²) in [5.74, 6) is 0.00773. The zero-order chi connectivity index (χ0) is 14.7. The van der Waals surface area contributed by atoms with Gasteiger partial charge in [-0.15, -0.1) is 0 Å². The maximum atomic E-state index is 12.3. The number of H-pyrrole nitrogens is 1. The van der Waals surface area contributed by atoms with Crippen LogP contribution in [0.2, 0.25) is 0 Å². The largest absolute Gasteiger partial charge is 0.354 e. The molecule has 5 nitrogen and oxygen atoms in total. The number of aryl methyl sites for hydroxylation is 2. The molecule has 2 aromatic heterocycles. The van der Waals surface area contributed by atoms with Gasteiger partial charge in [-0.3, -0.25) is 9.48 Å². The molecule has 2 aromatic rings. The first-order valence-electron chi connectivity index (χ1n) is 7.01. The summed E-state index contributed by atoms with van der Waals surface area (Å²) < 4.78 is 1.94. The fraction of sp³-hybridized carbons (Fsp3) is 0.467. The number of nitrogens with zero attached hydrogens (tertiary/aromatic N) is 3. The molecule has 0 unspecified atom stereocenters. The highest BCUT2D eigenvalue weighted by Crippen LogP contribution is 2.12. The molecule has 2 heterocycles. The lowest BCUT2D eigenvalue weighted by atomic mass is 10.2. The van der Waals surface area contributed by atoms with Crippen LogP contribution >= 0.6 is 0 Å². The molecule has 0 aliphatic rings. The molecule has 1 N–H and O–H groups in total. The zero-order valence-corrected chi connectivity index (χ0v) is 12.6. The van der Waals surface area contributed by atoms with Gasteiger partial charge >= 0.3 is 0 Å². The number of hydrogen-bond donors (Lipinski definition) is 1. The second-order valence-electron chi connectivity index (χ2n) is 4.98. The molecule has 5 heteroatoms. The number of nitrogens with one attached hydrogen (secondary N) is 1. The van der Waals surface area contributed by atoms with Crippen molar-refractivity contribution in [2.45, 2.75) is 40.3 Å². The van der Waals surface area contributed by atoms with Gasteiger partial charge in [-0.1, -0.05) is 6.92 Å². The van der Waals surface area contributed by atoms with Crippen LogP contribution in [-0.2, 0) is 19.5 Å². The molecule has 108 valence electrons. The number of aromatic nitrogens is 3. The van der Waals surface area contributed by atoms with Gasteiger partial charge < -0.3 is 9.88 Å². The molecule has 1 amide bonds. The van der Waals surface area contributed by atoms with Gasteiger partial charge in [0.1, 0.15) is 5.69 Å². The lowest BCUT2D eigenvalue weighted by Crippen LogP contribution is -2.26. The quantitative estimate of drug-likeness (QED) is 0.910. The summed E-state index contributed by atoms with van der Waals surface area (Å²) in [6.07, 6.45) is 2.74. The summed E-state index contributed by atoms with van der Waals surface area (Å²) in [4.78, 5) is 17.2.